The number of hydrogen-bond acceptors (Lipinski definition) is 6. The summed E-state index contributed by atoms with van der Waals surface area (Å²) in [6, 6.07) is 13.3. The number of aliphatic hydroxyl groups excluding tert-OH is 1. The van der Waals surface area contributed by atoms with E-state index in [4.69, 9.17) is 9.47 Å². The molecular formula is C25H30N2O5. The van der Waals surface area contributed by atoms with Crippen molar-refractivity contribution in [1.29, 1.82) is 0 Å². The van der Waals surface area contributed by atoms with Gasteiger partial charge in [-0.2, -0.15) is 0 Å². The molecule has 7 heteroatoms. The molecule has 1 heterocycles. The van der Waals surface area contributed by atoms with Crippen molar-refractivity contribution in [2.24, 2.45) is 0 Å². The number of carbonyl (C=O) groups excluding carboxylic acids is 2. The average molecular weight is 439 g/mol. The molecule has 1 atom stereocenters. The molecule has 2 aromatic rings. The van der Waals surface area contributed by atoms with E-state index in [9.17, 15) is 14.7 Å². The Morgan fingerprint density at radius 3 is 2.25 bits per heavy atom. The zero-order chi connectivity index (χ0) is 23.3. The Kier molecular flexibility index (Phi) is 7.53. The van der Waals surface area contributed by atoms with Gasteiger partial charge in [-0.3, -0.25) is 9.59 Å². The summed E-state index contributed by atoms with van der Waals surface area (Å²) in [6.45, 7) is 6.80. The number of amides is 1. The number of Topliss-reactive ketones (excluding diaryl/α,β-unsaturated/α-hetero) is 1. The van der Waals surface area contributed by atoms with Crippen molar-refractivity contribution in [2.75, 3.05) is 40.4 Å². The van der Waals surface area contributed by atoms with Crippen LogP contribution in [-0.2, 0) is 9.59 Å². The minimum Gasteiger partial charge on any atom is -0.507 e. The van der Waals surface area contributed by atoms with E-state index in [1.807, 2.05) is 12.1 Å². The maximum atomic E-state index is 13.1. The second kappa shape index (κ2) is 10.3. The largest absolute Gasteiger partial charge is 0.507 e. The van der Waals surface area contributed by atoms with Gasteiger partial charge in [-0.25, -0.2) is 0 Å². The topological polar surface area (TPSA) is 79.3 Å². The SMILES string of the molecule is CCN(CC)CCN1C(=O)C(=O)/C(=C(/O)c2ccc(OC)cc2)[C@H]1c1cccc(OC)c1. The van der Waals surface area contributed by atoms with Crippen LogP contribution in [0.4, 0.5) is 0 Å². The number of likely N-dealkylation sites (N-methyl/N-ethyl adjacent to an activating group) is 1. The van der Waals surface area contributed by atoms with Crippen LogP contribution >= 0.6 is 0 Å². The summed E-state index contributed by atoms with van der Waals surface area (Å²) in [5.74, 6) is -0.262. The number of aliphatic hydroxyl groups is 1. The van der Waals surface area contributed by atoms with E-state index in [-0.39, 0.29) is 11.3 Å². The molecular weight excluding hydrogens is 408 g/mol. The van der Waals surface area contributed by atoms with E-state index in [0.717, 1.165) is 13.1 Å². The number of methoxy groups -OCH3 is 2. The molecule has 7 nitrogen and oxygen atoms in total. The fraction of sp³-hybridized carbons (Fsp3) is 0.360. The molecule has 0 bridgehead atoms. The Morgan fingerprint density at radius 1 is 1.00 bits per heavy atom. The first-order valence-corrected chi connectivity index (χ1v) is 10.7. The normalized spacial score (nSPS) is 17.8. The van der Waals surface area contributed by atoms with Crippen molar-refractivity contribution in [3.05, 3.63) is 65.2 Å². The number of ether oxygens (including phenoxy) is 2. The first-order chi connectivity index (χ1) is 15.4. The summed E-state index contributed by atoms with van der Waals surface area (Å²) < 4.78 is 10.5. The Balaban J connectivity index is 2.10. The monoisotopic (exact) mass is 438 g/mol. The second-order valence-corrected chi connectivity index (χ2v) is 7.52. The molecule has 0 radical (unpaired) electrons. The van der Waals surface area contributed by atoms with E-state index in [0.29, 0.717) is 35.7 Å². The number of rotatable bonds is 9. The number of likely N-dealkylation sites (tertiary alicyclic amines) is 1. The van der Waals surface area contributed by atoms with Crippen LogP contribution in [0.1, 0.15) is 31.0 Å². The van der Waals surface area contributed by atoms with E-state index in [1.54, 1.807) is 55.5 Å². The predicted molar refractivity (Wildman–Crippen MR) is 123 cm³/mol. The third-order valence-electron chi connectivity index (χ3n) is 5.86. The van der Waals surface area contributed by atoms with Gasteiger partial charge in [0.2, 0.25) is 0 Å². The first kappa shape index (κ1) is 23.3. The molecule has 0 saturated carbocycles. The molecule has 32 heavy (non-hydrogen) atoms. The van der Waals surface area contributed by atoms with Crippen LogP contribution in [0.2, 0.25) is 0 Å². The molecule has 2 aromatic carbocycles. The zero-order valence-electron chi connectivity index (χ0n) is 19.0. The van der Waals surface area contributed by atoms with Crippen molar-refractivity contribution in [3.8, 4) is 11.5 Å². The lowest BCUT2D eigenvalue weighted by Crippen LogP contribution is -2.38. The fourth-order valence-electron chi connectivity index (χ4n) is 3.96. The second-order valence-electron chi connectivity index (χ2n) is 7.52. The summed E-state index contributed by atoms with van der Waals surface area (Å²) in [4.78, 5) is 29.9. The summed E-state index contributed by atoms with van der Waals surface area (Å²) in [5, 5.41) is 11.1. The third kappa shape index (κ3) is 4.62. The minimum absolute atomic E-state index is 0.0768. The molecule has 170 valence electrons. The Labute approximate surface area is 188 Å². The van der Waals surface area contributed by atoms with Gasteiger partial charge in [0.25, 0.3) is 11.7 Å². The molecule has 0 aliphatic carbocycles. The highest BCUT2D eigenvalue weighted by molar-refractivity contribution is 6.46. The van der Waals surface area contributed by atoms with Gasteiger partial charge < -0.3 is 24.4 Å². The third-order valence-corrected chi connectivity index (χ3v) is 5.86. The number of nitrogens with zero attached hydrogens (tertiary/aromatic N) is 2. The van der Waals surface area contributed by atoms with Crippen LogP contribution in [0.5, 0.6) is 11.5 Å². The highest BCUT2D eigenvalue weighted by atomic mass is 16.5. The molecule has 1 aliphatic heterocycles. The van der Waals surface area contributed by atoms with E-state index >= 15 is 0 Å². The van der Waals surface area contributed by atoms with E-state index in [1.165, 1.54) is 0 Å². The van der Waals surface area contributed by atoms with Gasteiger partial charge >= 0.3 is 0 Å². The van der Waals surface area contributed by atoms with E-state index in [2.05, 4.69) is 18.7 Å². The van der Waals surface area contributed by atoms with Crippen LogP contribution in [0.3, 0.4) is 0 Å². The smallest absolute Gasteiger partial charge is 0.295 e. The molecule has 1 N–H and O–H groups in total. The quantitative estimate of drug-likeness (QED) is 0.367. The summed E-state index contributed by atoms with van der Waals surface area (Å²) in [5.41, 5.74) is 1.23. The molecule has 1 saturated heterocycles. The molecule has 1 fully saturated rings. The lowest BCUT2D eigenvalue weighted by atomic mass is 9.95. The summed E-state index contributed by atoms with van der Waals surface area (Å²) >= 11 is 0. The van der Waals surface area contributed by atoms with Crippen LogP contribution < -0.4 is 9.47 Å². The maximum absolute atomic E-state index is 13.1. The summed E-state index contributed by atoms with van der Waals surface area (Å²) in [7, 11) is 3.12. The van der Waals surface area contributed by atoms with Crippen LogP contribution in [0.25, 0.3) is 5.76 Å². The predicted octanol–water partition coefficient (Wildman–Crippen LogP) is 3.47. The fourth-order valence-corrected chi connectivity index (χ4v) is 3.96. The summed E-state index contributed by atoms with van der Waals surface area (Å²) in [6.07, 6.45) is 0. The van der Waals surface area contributed by atoms with Gasteiger partial charge in [0.15, 0.2) is 0 Å². The zero-order valence-corrected chi connectivity index (χ0v) is 19.0. The molecule has 1 aliphatic rings. The van der Waals surface area contributed by atoms with Gasteiger partial charge in [-0.05, 0) is 55.1 Å². The van der Waals surface area contributed by atoms with E-state index < -0.39 is 17.7 Å². The number of hydrogen-bond donors (Lipinski definition) is 1. The molecule has 0 aromatic heterocycles. The van der Waals surface area contributed by atoms with Crippen molar-refractivity contribution < 1.29 is 24.2 Å². The molecule has 3 rings (SSSR count). The average Bonchev–Trinajstić information content (AvgIpc) is 3.09. The van der Waals surface area contributed by atoms with Gasteiger partial charge in [0, 0.05) is 18.7 Å². The van der Waals surface area contributed by atoms with Gasteiger partial charge in [-0.1, -0.05) is 26.0 Å². The van der Waals surface area contributed by atoms with Gasteiger partial charge in [0.1, 0.15) is 17.3 Å². The number of benzene rings is 2. The number of ketones is 1. The van der Waals surface area contributed by atoms with Gasteiger partial charge in [-0.15, -0.1) is 0 Å². The minimum atomic E-state index is -0.706. The number of carbonyl (C=O) groups is 2. The van der Waals surface area contributed by atoms with Crippen molar-refractivity contribution in [2.45, 2.75) is 19.9 Å². The first-order valence-electron chi connectivity index (χ1n) is 10.7. The Hall–Kier alpha value is -3.32. The van der Waals surface area contributed by atoms with Crippen LogP contribution in [0, 0.1) is 0 Å². The Morgan fingerprint density at radius 2 is 1.66 bits per heavy atom. The van der Waals surface area contributed by atoms with Crippen molar-refractivity contribution in [1.82, 2.24) is 9.80 Å². The molecule has 0 spiro atoms. The molecule has 1 amide bonds. The lowest BCUT2D eigenvalue weighted by Gasteiger charge is -2.28. The molecule has 0 unspecified atom stereocenters. The van der Waals surface area contributed by atoms with Crippen molar-refractivity contribution in [3.63, 3.8) is 0 Å². The lowest BCUT2D eigenvalue weighted by molar-refractivity contribution is -0.140. The highest BCUT2D eigenvalue weighted by Crippen LogP contribution is 2.40. The van der Waals surface area contributed by atoms with Crippen LogP contribution in [-0.4, -0.2) is 67.0 Å². The van der Waals surface area contributed by atoms with Gasteiger partial charge in [0.05, 0.1) is 25.8 Å². The maximum Gasteiger partial charge on any atom is 0.295 e. The van der Waals surface area contributed by atoms with Crippen LogP contribution in [0.15, 0.2) is 54.1 Å². The standard InChI is InChI=1S/C25H30N2O5/c1-5-26(6-2)14-15-27-22(18-8-7-9-20(16-18)32-4)21(24(29)25(27)30)23(28)17-10-12-19(31-3)13-11-17/h7-13,16,22,28H,5-6,14-15H2,1-4H3/b23-21+/t22-/m1/s1. The highest BCUT2D eigenvalue weighted by Gasteiger charge is 2.46. The van der Waals surface area contributed by atoms with Crippen molar-refractivity contribution >= 4 is 17.4 Å². The Bertz CT molecular complexity index is 996.